The first kappa shape index (κ1) is 23.5. The van der Waals surface area contributed by atoms with Gasteiger partial charge in [0.05, 0.1) is 6.04 Å². The van der Waals surface area contributed by atoms with E-state index < -0.39 is 5.54 Å². The van der Waals surface area contributed by atoms with Crippen molar-refractivity contribution in [2.45, 2.75) is 11.6 Å². The van der Waals surface area contributed by atoms with Gasteiger partial charge in [0.25, 0.3) is 0 Å². The molecule has 5 aromatic rings. The molecule has 5 aromatic carbocycles. The van der Waals surface area contributed by atoms with Gasteiger partial charge in [-0.15, -0.1) is 0 Å². The largest absolute Gasteiger partial charge is 0.352 e. The van der Waals surface area contributed by atoms with E-state index >= 15 is 0 Å². The summed E-state index contributed by atoms with van der Waals surface area (Å²) in [6.07, 6.45) is 0. The highest BCUT2D eigenvalue weighted by molar-refractivity contribution is 7.80. The van der Waals surface area contributed by atoms with E-state index in [0.29, 0.717) is 5.11 Å². The van der Waals surface area contributed by atoms with Crippen molar-refractivity contribution in [1.82, 2.24) is 10.6 Å². The van der Waals surface area contributed by atoms with Crippen molar-refractivity contribution in [2.24, 2.45) is 0 Å². The van der Waals surface area contributed by atoms with Crippen molar-refractivity contribution in [2.75, 3.05) is 0 Å². The highest BCUT2D eigenvalue weighted by Gasteiger charge is 2.37. The zero-order chi connectivity index (χ0) is 24.6. The molecule has 36 heavy (non-hydrogen) atoms. The van der Waals surface area contributed by atoms with E-state index in [1.54, 1.807) is 0 Å². The second-order valence-corrected chi connectivity index (χ2v) is 9.11. The smallest absolute Gasteiger partial charge is 0.168 e. The van der Waals surface area contributed by atoms with Gasteiger partial charge in [0.1, 0.15) is 5.54 Å². The Balaban J connectivity index is 1.60. The normalized spacial score (nSPS) is 11.1. The molecule has 2 nitrogen and oxygen atoms in total. The Labute approximate surface area is 218 Å². The van der Waals surface area contributed by atoms with Crippen LogP contribution in [-0.4, -0.2) is 5.11 Å². The Morgan fingerprint density at radius 3 is 1.11 bits per heavy atom. The van der Waals surface area contributed by atoms with E-state index in [4.69, 9.17) is 12.2 Å². The van der Waals surface area contributed by atoms with E-state index in [-0.39, 0.29) is 6.04 Å². The van der Waals surface area contributed by atoms with Crippen LogP contribution in [0.4, 0.5) is 0 Å². The van der Waals surface area contributed by atoms with E-state index in [9.17, 15) is 0 Å². The number of hydrogen-bond acceptors (Lipinski definition) is 1. The van der Waals surface area contributed by atoms with Crippen LogP contribution < -0.4 is 10.6 Å². The zero-order valence-electron chi connectivity index (χ0n) is 19.9. The standard InChI is InChI=1S/C33H28N2S/c36-32(34-31(26-16-6-1-7-17-26)27-18-8-2-9-19-27)35-33(28-20-10-3-11-21-28,29-22-12-4-13-23-29)30-24-14-5-15-25-30/h1-25,31H,(H2,34,35,36). The molecular weight excluding hydrogens is 456 g/mol. The second-order valence-electron chi connectivity index (χ2n) is 8.70. The fourth-order valence-electron chi connectivity index (χ4n) is 4.77. The van der Waals surface area contributed by atoms with Gasteiger partial charge in [-0.1, -0.05) is 152 Å². The summed E-state index contributed by atoms with van der Waals surface area (Å²) < 4.78 is 0. The molecule has 0 radical (unpaired) electrons. The highest BCUT2D eigenvalue weighted by atomic mass is 32.1. The highest BCUT2D eigenvalue weighted by Crippen LogP contribution is 2.37. The molecule has 176 valence electrons. The number of hydrogen-bond donors (Lipinski definition) is 2. The maximum atomic E-state index is 6.06. The van der Waals surface area contributed by atoms with Crippen molar-refractivity contribution >= 4 is 17.3 Å². The van der Waals surface area contributed by atoms with E-state index in [1.807, 2.05) is 30.3 Å². The van der Waals surface area contributed by atoms with Crippen molar-refractivity contribution in [3.63, 3.8) is 0 Å². The molecule has 0 spiro atoms. The third-order valence-electron chi connectivity index (χ3n) is 6.46. The first-order chi connectivity index (χ1) is 17.8. The van der Waals surface area contributed by atoms with Crippen LogP contribution in [0, 0.1) is 0 Å². The van der Waals surface area contributed by atoms with Gasteiger partial charge in [0.15, 0.2) is 5.11 Å². The predicted molar refractivity (Wildman–Crippen MR) is 153 cm³/mol. The number of nitrogens with one attached hydrogen (secondary N) is 2. The lowest BCUT2D eigenvalue weighted by Crippen LogP contribution is -2.52. The quantitative estimate of drug-likeness (QED) is 0.188. The van der Waals surface area contributed by atoms with Gasteiger partial charge in [-0.25, -0.2) is 0 Å². The molecule has 0 aromatic heterocycles. The monoisotopic (exact) mass is 484 g/mol. The molecule has 0 fully saturated rings. The van der Waals surface area contributed by atoms with E-state index in [2.05, 4.69) is 132 Å². The van der Waals surface area contributed by atoms with Gasteiger partial charge in [-0.3, -0.25) is 0 Å². The van der Waals surface area contributed by atoms with Crippen LogP contribution in [0.25, 0.3) is 0 Å². The van der Waals surface area contributed by atoms with Gasteiger partial charge in [-0.05, 0) is 40.0 Å². The predicted octanol–water partition coefficient (Wildman–Crippen LogP) is 7.23. The topological polar surface area (TPSA) is 24.1 Å². The number of benzene rings is 5. The third kappa shape index (κ3) is 4.93. The molecule has 3 heteroatoms. The fourth-order valence-corrected chi connectivity index (χ4v) is 5.04. The maximum absolute atomic E-state index is 6.06. The lowest BCUT2D eigenvalue weighted by atomic mass is 9.77. The van der Waals surface area contributed by atoms with Crippen molar-refractivity contribution in [3.05, 3.63) is 179 Å². The summed E-state index contributed by atoms with van der Waals surface area (Å²) in [6, 6.07) is 52.2. The van der Waals surface area contributed by atoms with Gasteiger partial charge >= 0.3 is 0 Å². The summed E-state index contributed by atoms with van der Waals surface area (Å²) in [7, 11) is 0. The average Bonchev–Trinajstić information content (AvgIpc) is 2.97. The molecule has 0 aliphatic heterocycles. The summed E-state index contributed by atoms with van der Waals surface area (Å²) >= 11 is 6.06. The van der Waals surface area contributed by atoms with Crippen LogP contribution in [0.1, 0.15) is 33.9 Å². The molecule has 0 atom stereocenters. The van der Waals surface area contributed by atoms with Crippen LogP contribution >= 0.6 is 12.2 Å². The fraction of sp³-hybridized carbons (Fsp3) is 0.0606. The molecule has 0 aliphatic rings. The SMILES string of the molecule is S=C(NC(c1ccccc1)c1ccccc1)NC(c1ccccc1)(c1ccccc1)c1ccccc1. The molecule has 0 unspecified atom stereocenters. The number of thiocarbonyl (C=S) groups is 1. The summed E-state index contributed by atoms with van der Waals surface area (Å²) in [4.78, 5) is 0. The Bertz CT molecular complexity index is 1240. The van der Waals surface area contributed by atoms with Crippen molar-refractivity contribution in [1.29, 1.82) is 0 Å². The molecule has 0 aliphatic carbocycles. The molecule has 2 N–H and O–H groups in total. The Hall–Kier alpha value is -4.21. The minimum Gasteiger partial charge on any atom is -0.352 e. The van der Waals surface area contributed by atoms with Crippen molar-refractivity contribution < 1.29 is 0 Å². The Morgan fingerprint density at radius 2 is 0.778 bits per heavy atom. The molecule has 5 rings (SSSR count). The number of rotatable bonds is 7. The Morgan fingerprint density at radius 1 is 0.472 bits per heavy atom. The average molecular weight is 485 g/mol. The van der Waals surface area contributed by atoms with E-state index in [1.165, 1.54) is 0 Å². The van der Waals surface area contributed by atoms with Gasteiger partial charge < -0.3 is 10.6 Å². The lowest BCUT2D eigenvalue weighted by molar-refractivity contribution is 0.561. The van der Waals surface area contributed by atoms with Crippen LogP contribution in [0.3, 0.4) is 0 Å². The molecular formula is C33H28N2S. The summed E-state index contributed by atoms with van der Waals surface area (Å²) in [5.74, 6) is 0. The van der Waals surface area contributed by atoms with Gasteiger partial charge in [0, 0.05) is 0 Å². The van der Waals surface area contributed by atoms with Crippen molar-refractivity contribution in [3.8, 4) is 0 Å². The summed E-state index contributed by atoms with van der Waals surface area (Å²) in [6.45, 7) is 0. The molecule has 0 bridgehead atoms. The van der Waals surface area contributed by atoms with Crippen LogP contribution in [0.2, 0.25) is 0 Å². The minimum atomic E-state index is -0.675. The molecule has 0 saturated heterocycles. The second kappa shape index (κ2) is 11.0. The van der Waals surface area contributed by atoms with Crippen LogP contribution in [0.5, 0.6) is 0 Å². The summed E-state index contributed by atoms with van der Waals surface area (Å²) in [5, 5.41) is 7.98. The molecule has 0 heterocycles. The summed E-state index contributed by atoms with van der Waals surface area (Å²) in [5.41, 5.74) is 4.97. The van der Waals surface area contributed by atoms with Crippen LogP contribution in [0.15, 0.2) is 152 Å². The third-order valence-corrected chi connectivity index (χ3v) is 6.68. The minimum absolute atomic E-state index is 0.0904. The maximum Gasteiger partial charge on any atom is 0.168 e. The Kier molecular flexibility index (Phi) is 7.20. The lowest BCUT2D eigenvalue weighted by Gasteiger charge is -2.38. The zero-order valence-corrected chi connectivity index (χ0v) is 20.7. The first-order valence-corrected chi connectivity index (χ1v) is 12.5. The molecule has 0 saturated carbocycles. The van der Waals surface area contributed by atoms with E-state index in [0.717, 1.165) is 27.8 Å². The molecule has 0 amide bonds. The van der Waals surface area contributed by atoms with Gasteiger partial charge in [-0.2, -0.15) is 0 Å². The van der Waals surface area contributed by atoms with Gasteiger partial charge in [0.2, 0.25) is 0 Å². The first-order valence-electron chi connectivity index (χ1n) is 12.1. The van der Waals surface area contributed by atoms with Crippen LogP contribution in [-0.2, 0) is 5.54 Å².